The predicted molar refractivity (Wildman–Crippen MR) is 69.0 cm³/mol. The Balaban J connectivity index is 1.69. The largest absolute Gasteiger partial charge is 0.342 e. The van der Waals surface area contributed by atoms with Gasteiger partial charge in [-0.2, -0.15) is 0 Å². The van der Waals surface area contributed by atoms with Crippen molar-refractivity contribution in [2.45, 2.75) is 32.7 Å². The molecule has 17 heavy (non-hydrogen) atoms. The Labute approximate surface area is 106 Å². The Morgan fingerprint density at radius 2 is 2.29 bits per heavy atom. The van der Waals surface area contributed by atoms with E-state index in [0.717, 1.165) is 43.1 Å². The predicted octanol–water partition coefficient (Wildman–Crippen LogP) is 1.42. The molecule has 1 fully saturated rings. The van der Waals surface area contributed by atoms with Crippen molar-refractivity contribution in [1.82, 2.24) is 15.2 Å². The SMILES string of the molecule is CCc1nc(CNCC(=O)N2CCCC2)cs1. The van der Waals surface area contributed by atoms with E-state index >= 15 is 0 Å². The molecule has 1 aliphatic rings. The fraction of sp³-hybridized carbons (Fsp3) is 0.667. The number of thiazole rings is 1. The first-order valence-electron chi connectivity index (χ1n) is 6.21. The lowest BCUT2D eigenvalue weighted by Crippen LogP contribution is -2.36. The number of aryl methyl sites for hydroxylation is 1. The lowest BCUT2D eigenvalue weighted by molar-refractivity contribution is -0.129. The number of likely N-dealkylation sites (tertiary alicyclic amines) is 1. The van der Waals surface area contributed by atoms with Crippen molar-refractivity contribution < 1.29 is 4.79 Å². The van der Waals surface area contributed by atoms with Crippen LogP contribution in [0.2, 0.25) is 0 Å². The van der Waals surface area contributed by atoms with Crippen LogP contribution in [0.4, 0.5) is 0 Å². The summed E-state index contributed by atoms with van der Waals surface area (Å²) in [6, 6.07) is 0. The van der Waals surface area contributed by atoms with Crippen molar-refractivity contribution in [2.24, 2.45) is 0 Å². The van der Waals surface area contributed by atoms with E-state index in [9.17, 15) is 4.79 Å². The summed E-state index contributed by atoms with van der Waals surface area (Å²) in [5, 5.41) is 6.39. The molecule has 4 nitrogen and oxygen atoms in total. The van der Waals surface area contributed by atoms with Crippen LogP contribution in [0.25, 0.3) is 0 Å². The second kappa shape index (κ2) is 6.12. The van der Waals surface area contributed by atoms with E-state index in [2.05, 4.69) is 22.6 Å². The molecule has 2 rings (SSSR count). The minimum atomic E-state index is 0.216. The number of hydrogen-bond donors (Lipinski definition) is 1. The lowest BCUT2D eigenvalue weighted by atomic mass is 10.4. The molecule has 1 amide bonds. The summed E-state index contributed by atoms with van der Waals surface area (Å²) in [7, 11) is 0. The number of carbonyl (C=O) groups is 1. The number of nitrogens with zero attached hydrogens (tertiary/aromatic N) is 2. The molecule has 0 aliphatic carbocycles. The van der Waals surface area contributed by atoms with Crippen LogP contribution in [0.1, 0.15) is 30.5 Å². The summed E-state index contributed by atoms with van der Waals surface area (Å²) in [5.41, 5.74) is 1.04. The lowest BCUT2D eigenvalue weighted by Gasteiger charge is -2.15. The fourth-order valence-corrected chi connectivity index (χ4v) is 2.71. The maximum Gasteiger partial charge on any atom is 0.236 e. The first-order valence-corrected chi connectivity index (χ1v) is 7.09. The Morgan fingerprint density at radius 1 is 1.53 bits per heavy atom. The van der Waals surface area contributed by atoms with Crippen LogP contribution in [-0.2, 0) is 17.8 Å². The van der Waals surface area contributed by atoms with E-state index in [0.29, 0.717) is 13.1 Å². The number of amides is 1. The monoisotopic (exact) mass is 253 g/mol. The molecule has 0 aromatic carbocycles. The summed E-state index contributed by atoms with van der Waals surface area (Å²) >= 11 is 1.69. The highest BCUT2D eigenvalue weighted by Gasteiger charge is 2.16. The highest BCUT2D eigenvalue weighted by molar-refractivity contribution is 7.09. The third-order valence-electron chi connectivity index (χ3n) is 2.94. The zero-order valence-electron chi connectivity index (χ0n) is 10.2. The van der Waals surface area contributed by atoms with E-state index in [1.807, 2.05) is 4.90 Å². The highest BCUT2D eigenvalue weighted by Crippen LogP contribution is 2.10. The van der Waals surface area contributed by atoms with Crippen LogP contribution in [0.3, 0.4) is 0 Å². The number of aromatic nitrogens is 1. The number of hydrogen-bond acceptors (Lipinski definition) is 4. The first kappa shape index (κ1) is 12.5. The van der Waals surface area contributed by atoms with Crippen LogP contribution < -0.4 is 5.32 Å². The molecule has 1 aromatic rings. The first-order chi connectivity index (χ1) is 8.29. The Bertz CT molecular complexity index is 372. The number of carbonyl (C=O) groups excluding carboxylic acids is 1. The molecule has 0 radical (unpaired) electrons. The van der Waals surface area contributed by atoms with Crippen molar-refractivity contribution in [2.75, 3.05) is 19.6 Å². The standard InChI is InChI=1S/C12H19N3OS/c1-2-11-14-10(9-17-11)7-13-8-12(16)15-5-3-4-6-15/h9,13H,2-8H2,1H3. The van der Waals surface area contributed by atoms with Gasteiger partial charge in [-0.05, 0) is 19.3 Å². The zero-order chi connectivity index (χ0) is 12.1. The van der Waals surface area contributed by atoms with Crippen LogP contribution in [0.5, 0.6) is 0 Å². The fourth-order valence-electron chi connectivity index (χ4n) is 1.97. The number of rotatable bonds is 5. The minimum Gasteiger partial charge on any atom is -0.342 e. The molecular weight excluding hydrogens is 234 g/mol. The summed E-state index contributed by atoms with van der Waals surface area (Å²) in [6.07, 6.45) is 3.28. The van der Waals surface area contributed by atoms with Crippen molar-refractivity contribution in [3.8, 4) is 0 Å². The van der Waals surface area contributed by atoms with Gasteiger partial charge in [0.15, 0.2) is 0 Å². The second-order valence-corrected chi connectivity index (χ2v) is 5.22. The Kier molecular flexibility index (Phi) is 4.50. The second-order valence-electron chi connectivity index (χ2n) is 4.28. The van der Waals surface area contributed by atoms with Gasteiger partial charge >= 0.3 is 0 Å². The zero-order valence-corrected chi connectivity index (χ0v) is 11.1. The van der Waals surface area contributed by atoms with Crippen LogP contribution in [0, 0.1) is 0 Å². The number of nitrogens with one attached hydrogen (secondary N) is 1. The van der Waals surface area contributed by atoms with Gasteiger partial charge in [0.2, 0.25) is 5.91 Å². The molecule has 0 saturated carbocycles. The van der Waals surface area contributed by atoms with Crippen molar-refractivity contribution in [1.29, 1.82) is 0 Å². The molecule has 0 atom stereocenters. The summed E-state index contributed by atoms with van der Waals surface area (Å²) in [4.78, 5) is 18.1. The summed E-state index contributed by atoms with van der Waals surface area (Å²) < 4.78 is 0. The summed E-state index contributed by atoms with van der Waals surface area (Å²) in [6.45, 7) is 5.08. The average molecular weight is 253 g/mol. The molecule has 0 spiro atoms. The Hall–Kier alpha value is -0.940. The van der Waals surface area contributed by atoms with Gasteiger partial charge in [-0.1, -0.05) is 6.92 Å². The van der Waals surface area contributed by atoms with Crippen LogP contribution in [0.15, 0.2) is 5.38 Å². The van der Waals surface area contributed by atoms with Crippen LogP contribution in [-0.4, -0.2) is 35.4 Å². The molecule has 94 valence electrons. The Morgan fingerprint density at radius 3 is 2.94 bits per heavy atom. The molecule has 1 N–H and O–H groups in total. The van der Waals surface area contributed by atoms with E-state index in [1.54, 1.807) is 11.3 Å². The maximum absolute atomic E-state index is 11.7. The van der Waals surface area contributed by atoms with Gasteiger partial charge in [-0.3, -0.25) is 4.79 Å². The molecule has 2 heterocycles. The molecule has 0 bridgehead atoms. The van der Waals surface area contributed by atoms with E-state index in [1.165, 1.54) is 0 Å². The molecule has 1 aliphatic heterocycles. The third kappa shape index (κ3) is 3.51. The quantitative estimate of drug-likeness (QED) is 0.863. The molecular formula is C12H19N3OS. The van der Waals surface area contributed by atoms with Gasteiger partial charge in [0.25, 0.3) is 0 Å². The smallest absolute Gasteiger partial charge is 0.236 e. The van der Waals surface area contributed by atoms with Gasteiger partial charge in [0.1, 0.15) is 0 Å². The van der Waals surface area contributed by atoms with Gasteiger partial charge in [-0.15, -0.1) is 11.3 Å². The van der Waals surface area contributed by atoms with Gasteiger partial charge in [0, 0.05) is 25.0 Å². The van der Waals surface area contributed by atoms with Gasteiger partial charge in [-0.25, -0.2) is 4.98 Å². The molecule has 1 saturated heterocycles. The molecule has 0 unspecified atom stereocenters. The average Bonchev–Trinajstić information content (AvgIpc) is 3.00. The minimum absolute atomic E-state index is 0.216. The van der Waals surface area contributed by atoms with E-state index in [4.69, 9.17) is 0 Å². The normalized spacial score (nSPS) is 15.5. The summed E-state index contributed by atoms with van der Waals surface area (Å²) in [5.74, 6) is 0.216. The van der Waals surface area contributed by atoms with E-state index in [-0.39, 0.29) is 5.91 Å². The van der Waals surface area contributed by atoms with Gasteiger partial charge in [0.05, 0.1) is 17.2 Å². The topological polar surface area (TPSA) is 45.2 Å². The van der Waals surface area contributed by atoms with Crippen LogP contribution >= 0.6 is 11.3 Å². The van der Waals surface area contributed by atoms with Crippen molar-refractivity contribution in [3.63, 3.8) is 0 Å². The molecule has 5 heteroatoms. The maximum atomic E-state index is 11.7. The van der Waals surface area contributed by atoms with Crippen molar-refractivity contribution in [3.05, 3.63) is 16.1 Å². The third-order valence-corrected chi connectivity index (χ3v) is 3.98. The van der Waals surface area contributed by atoms with E-state index < -0.39 is 0 Å². The van der Waals surface area contributed by atoms with Crippen molar-refractivity contribution >= 4 is 17.2 Å². The molecule has 1 aromatic heterocycles. The van der Waals surface area contributed by atoms with Gasteiger partial charge < -0.3 is 10.2 Å². The highest BCUT2D eigenvalue weighted by atomic mass is 32.1.